The molecular formula is C17H23N5O2. The van der Waals surface area contributed by atoms with E-state index in [1.165, 1.54) is 11.9 Å². The molecule has 0 aromatic carbocycles. The quantitative estimate of drug-likeness (QED) is 0.824. The van der Waals surface area contributed by atoms with Gasteiger partial charge in [0, 0.05) is 50.2 Å². The summed E-state index contributed by atoms with van der Waals surface area (Å²) in [5.41, 5.74) is 1.89. The number of morpholine rings is 1. The Morgan fingerprint density at radius 2 is 2.38 bits per heavy atom. The molecule has 3 rings (SSSR count). The fraction of sp³-hybridized carbons (Fsp3) is 0.471. The van der Waals surface area contributed by atoms with Crippen molar-refractivity contribution in [2.45, 2.75) is 25.5 Å². The van der Waals surface area contributed by atoms with Gasteiger partial charge in [-0.1, -0.05) is 6.07 Å². The highest BCUT2D eigenvalue weighted by Gasteiger charge is 2.21. The van der Waals surface area contributed by atoms with E-state index in [2.05, 4.69) is 31.2 Å². The lowest BCUT2D eigenvalue weighted by Crippen LogP contribution is -2.42. The molecule has 2 aromatic rings. The van der Waals surface area contributed by atoms with Crippen molar-refractivity contribution in [3.8, 4) is 0 Å². The average Bonchev–Trinajstić information content (AvgIpc) is 2.61. The van der Waals surface area contributed by atoms with E-state index in [-0.39, 0.29) is 11.7 Å². The van der Waals surface area contributed by atoms with Gasteiger partial charge in [0.2, 0.25) is 0 Å². The van der Waals surface area contributed by atoms with Gasteiger partial charge in [-0.15, -0.1) is 0 Å². The van der Waals surface area contributed by atoms with Crippen LogP contribution < -0.4 is 10.9 Å². The molecule has 1 aliphatic heterocycles. The number of hydrogen-bond acceptors (Lipinski definition) is 6. The Hall–Kier alpha value is -2.25. The number of rotatable bonds is 6. The maximum absolute atomic E-state index is 11.3. The lowest BCUT2D eigenvalue weighted by atomic mass is 10.1. The summed E-state index contributed by atoms with van der Waals surface area (Å²) >= 11 is 0. The predicted octanol–water partition coefficient (Wildman–Crippen LogP) is 1.04. The van der Waals surface area contributed by atoms with Gasteiger partial charge in [0.25, 0.3) is 5.56 Å². The minimum Gasteiger partial charge on any atom is -0.376 e. The molecule has 0 radical (unpaired) electrons. The molecule has 0 aliphatic carbocycles. The van der Waals surface area contributed by atoms with Crippen molar-refractivity contribution < 1.29 is 4.74 Å². The fourth-order valence-corrected chi connectivity index (χ4v) is 2.99. The largest absolute Gasteiger partial charge is 0.376 e. The van der Waals surface area contributed by atoms with E-state index < -0.39 is 0 Å². The average molecular weight is 329 g/mol. The molecule has 0 spiro atoms. The van der Waals surface area contributed by atoms with Gasteiger partial charge in [-0.05, 0) is 18.9 Å². The predicted molar refractivity (Wildman–Crippen MR) is 92.0 cm³/mol. The van der Waals surface area contributed by atoms with Crippen LogP contribution in [-0.4, -0.2) is 52.7 Å². The molecule has 3 heterocycles. The van der Waals surface area contributed by atoms with Crippen molar-refractivity contribution in [3.05, 3.63) is 52.3 Å². The lowest BCUT2D eigenvalue weighted by Gasteiger charge is -2.33. The minimum absolute atomic E-state index is 0.109. The van der Waals surface area contributed by atoms with E-state index in [0.29, 0.717) is 0 Å². The fourth-order valence-electron chi connectivity index (χ4n) is 2.99. The van der Waals surface area contributed by atoms with Crippen LogP contribution in [0.1, 0.15) is 17.7 Å². The van der Waals surface area contributed by atoms with Crippen LogP contribution in [0.3, 0.4) is 0 Å². The number of aromatic nitrogens is 3. The maximum Gasteiger partial charge on any atom is 0.250 e. The number of nitrogens with one attached hydrogen (secondary N) is 2. The van der Waals surface area contributed by atoms with Gasteiger partial charge in [0.05, 0.1) is 19.0 Å². The third kappa shape index (κ3) is 4.39. The van der Waals surface area contributed by atoms with E-state index in [1.807, 2.05) is 13.1 Å². The first-order valence-corrected chi connectivity index (χ1v) is 8.24. The SMILES string of the molecule is CNc1ncccc1CN1CCO[C@@H](CCc2cc(=O)[nH]cn2)C1. The molecule has 7 nitrogen and oxygen atoms in total. The van der Waals surface area contributed by atoms with Crippen molar-refractivity contribution in [2.75, 3.05) is 32.1 Å². The van der Waals surface area contributed by atoms with Crippen LogP contribution in [0.15, 0.2) is 35.5 Å². The molecule has 0 unspecified atom stereocenters. The van der Waals surface area contributed by atoms with Gasteiger partial charge < -0.3 is 15.0 Å². The van der Waals surface area contributed by atoms with Gasteiger partial charge in [0.1, 0.15) is 5.82 Å². The molecule has 2 N–H and O–H groups in total. The van der Waals surface area contributed by atoms with Crippen molar-refractivity contribution >= 4 is 5.82 Å². The molecule has 1 saturated heterocycles. The summed E-state index contributed by atoms with van der Waals surface area (Å²) in [7, 11) is 1.89. The van der Waals surface area contributed by atoms with Gasteiger partial charge in [-0.25, -0.2) is 9.97 Å². The number of anilines is 1. The molecule has 0 saturated carbocycles. The Morgan fingerprint density at radius 1 is 1.46 bits per heavy atom. The highest BCUT2D eigenvalue weighted by atomic mass is 16.5. The molecule has 1 fully saturated rings. The van der Waals surface area contributed by atoms with Gasteiger partial charge in [0.15, 0.2) is 0 Å². The molecule has 1 atom stereocenters. The zero-order chi connectivity index (χ0) is 16.8. The minimum atomic E-state index is -0.109. The number of nitrogens with zero attached hydrogens (tertiary/aromatic N) is 3. The third-order valence-electron chi connectivity index (χ3n) is 4.20. The van der Waals surface area contributed by atoms with Crippen molar-refractivity contribution in [2.24, 2.45) is 0 Å². The molecular weight excluding hydrogens is 306 g/mol. The summed E-state index contributed by atoms with van der Waals surface area (Å²) in [6, 6.07) is 5.62. The summed E-state index contributed by atoms with van der Waals surface area (Å²) in [5, 5.41) is 3.14. The van der Waals surface area contributed by atoms with Crippen molar-refractivity contribution in [1.29, 1.82) is 0 Å². The Morgan fingerprint density at radius 3 is 3.21 bits per heavy atom. The second-order valence-corrected chi connectivity index (χ2v) is 5.93. The Labute approximate surface area is 141 Å². The summed E-state index contributed by atoms with van der Waals surface area (Å²) in [4.78, 5) is 24.8. The number of ether oxygens (including phenoxy) is 1. The van der Waals surface area contributed by atoms with Crippen LogP contribution in [0.4, 0.5) is 5.82 Å². The van der Waals surface area contributed by atoms with Gasteiger partial charge in [-0.3, -0.25) is 9.69 Å². The molecule has 128 valence electrons. The lowest BCUT2D eigenvalue weighted by molar-refractivity contribution is -0.0346. The van der Waals surface area contributed by atoms with E-state index in [4.69, 9.17) is 4.74 Å². The first-order chi connectivity index (χ1) is 11.7. The maximum atomic E-state index is 11.3. The second-order valence-electron chi connectivity index (χ2n) is 5.93. The standard InChI is InChI=1S/C17H23N5O2/c1-18-17-13(3-2-6-19-17)10-22-7-8-24-15(11-22)5-4-14-9-16(23)21-12-20-14/h2-3,6,9,12,15H,4-5,7-8,10-11H2,1H3,(H,18,19)(H,20,21,23)/t15-/m0/s1. The van der Waals surface area contributed by atoms with Crippen LogP contribution >= 0.6 is 0 Å². The molecule has 0 bridgehead atoms. The normalized spacial score (nSPS) is 18.5. The number of aryl methyl sites for hydroxylation is 1. The number of aromatic amines is 1. The summed E-state index contributed by atoms with van der Waals surface area (Å²) in [6.45, 7) is 3.37. The second kappa shape index (κ2) is 8.03. The van der Waals surface area contributed by atoms with Crippen LogP contribution in [0.5, 0.6) is 0 Å². The summed E-state index contributed by atoms with van der Waals surface area (Å²) < 4.78 is 5.87. The molecule has 0 amide bonds. The zero-order valence-corrected chi connectivity index (χ0v) is 13.9. The molecule has 24 heavy (non-hydrogen) atoms. The summed E-state index contributed by atoms with van der Waals surface area (Å²) in [5.74, 6) is 0.924. The molecule has 2 aromatic heterocycles. The Bertz CT molecular complexity index is 718. The number of hydrogen-bond donors (Lipinski definition) is 2. The Kier molecular flexibility index (Phi) is 5.55. The summed E-state index contributed by atoms with van der Waals surface area (Å²) in [6.07, 6.45) is 5.02. The number of H-pyrrole nitrogens is 1. The highest BCUT2D eigenvalue weighted by molar-refractivity contribution is 5.42. The number of pyridine rings is 1. The first-order valence-electron chi connectivity index (χ1n) is 8.24. The highest BCUT2D eigenvalue weighted by Crippen LogP contribution is 2.17. The first kappa shape index (κ1) is 16.6. The van der Waals surface area contributed by atoms with E-state index in [0.717, 1.165) is 50.6 Å². The van der Waals surface area contributed by atoms with Crippen molar-refractivity contribution in [1.82, 2.24) is 19.9 Å². The van der Waals surface area contributed by atoms with Crippen LogP contribution in [-0.2, 0) is 17.7 Å². The van der Waals surface area contributed by atoms with Crippen LogP contribution in [0, 0.1) is 0 Å². The van der Waals surface area contributed by atoms with Crippen LogP contribution in [0.2, 0.25) is 0 Å². The monoisotopic (exact) mass is 329 g/mol. The molecule has 7 heteroatoms. The van der Waals surface area contributed by atoms with E-state index in [1.54, 1.807) is 12.3 Å². The van der Waals surface area contributed by atoms with E-state index in [9.17, 15) is 4.79 Å². The van der Waals surface area contributed by atoms with E-state index >= 15 is 0 Å². The smallest absolute Gasteiger partial charge is 0.250 e. The zero-order valence-electron chi connectivity index (χ0n) is 13.9. The Balaban J connectivity index is 1.55. The van der Waals surface area contributed by atoms with Gasteiger partial charge >= 0.3 is 0 Å². The van der Waals surface area contributed by atoms with Crippen molar-refractivity contribution in [3.63, 3.8) is 0 Å². The van der Waals surface area contributed by atoms with Crippen LogP contribution in [0.25, 0.3) is 0 Å². The molecule has 1 aliphatic rings. The third-order valence-corrected chi connectivity index (χ3v) is 4.20. The van der Waals surface area contributed by atoms with Gasteiger partial charge in [-0.2, -0.15) is 0 Å². The topological polar surface area (TPSA) is 83.1 Å².